The predicted molar refractivity (Wildman–Crippen MR) is 92.5 cm³/mol. The number of aromatic nitrogens is 1. The Hall–Kier alpha value is -0.650. The van der Waals surface area contributed by atoms with Crippen molar-refractivity contribution in [3.8, 4) is 0 Å². The summed E-state index contributed by atoms with van der Waals surface area (Å²) < 4.78 is 0. The first-order valence-corrected chi connectivity index (χ1v) is 8.88. The van der Waals surface area contributed by atoms with Crippen LogP contribution in [-0.4, -0.2) is 50.2 Å². The van der Waals surface area contributed by atoms with Gasteiger partial charge in [-0.25, -0.2) is 4.98 Å². The summed E-state index contributed by atoms with van der Waals surface area (Å²) in [6.07, 6.45) is 3.86. The largest absolute Gasteiger partial charge is 0.351 e. The molecule has 0 bridgehead atoms. The van der Waals surface area contributed by atoms with E-state index in [9.17, 15) is 0 Å². The van der Waals surface area contributed by atoms with Gasteiger partial charge >= 0.3 is 0 Å². The molecule has 0 unspecified atom stereocenters. The summed E-state index contributed by atoms with van der Waals surface area (Å²) in [5.41, 5.74) is 1.28. The Morgan fingerprint density at radius 1 is 1.24 bits per heavy atom. The van der Waals surface area contributed by atoms with Crippen molar-refractivity contribution in [2.24, 2.45) is 0 Å². The zero-order valence-electron chi connectivity index (χ0n) is 14.1. The maximum Gasteiger partial charge on any atom is 0.185 e. The lowest BCUT2D eigenvalue weighted by atomic mass is 10.1. The average Bonchev–Trinajstić information content (AvgIpc) is 3.13. The molecule has 1 fully saturated rings. The lowest BCUT2D eigenvalue weighted by Gasteiger charge is -2.17. The highest BCUT2D eigenvalue weighted by molar-refractivity contribution is 7.15. The Kier molecular flexibility index (Phi) is 6.02. The smallest absolute Gasteiger partial charge is 0.185 e. The van der Waals surface area contributed by atoms with Crippen molar-refractivity contribution in [1.29, 1.82) is 0 Å². The molecule has 0 saturated heterocycles. The van der Waals surface area contributed by atoms with Crippen LogP contribution < -0.4 is 10.2 Å². The van der Waals surface area contributed by atoms with E-state index in [4.69, 9.17) is 4.98 Å². The number of rotatable bonds is 9. The lowest BCUT2D eigenvalue weighted by molar-refractivity contribution is 0.401. The van der Waals surface area contributed by atoms with Crippen molar-refractivity contribution >= 4 is 16.5 Å². The molecule has 0 atom stereocenters. The van der Waals surface area contributed by atoms with Crippen LogP contribution in [0.5, 0.6) is 0 Å². The quantitative estimate of drug-likeness (QED) is 0.760. The maximum absolute atomic E-state index is 4.90. The molecule has 1 heterocycles. The number of nitrogens with zero attached hydrogens (tertiary/aromatic N) is 3. The standard InChI is InChI=1S/C16H30N4S/c1-12(2)15-14(11-17-13-7-8-13)21-16(18-15)20(5)10-6-9-19(3)4/h12-13,17H,6-11H2,1-5H3. The zero-order chi connectivity index (χ0) is 15.4. The van der Waals surface area contributed by atoms with Gasteiger partial charge < -0.3 is 15.1 Å². The Balaban J connectivity index is 1.95. The van der Waals surface area contributed by atoms with Crippen LogP contribution in [0, 0.1) is 0 Å². The van der Waals surface area contributed by atoms with Gasteiger partial charge in [0.05, 0.1) is 5.69 Å². The van der Waals surface area contributed by atoms with E-state index in [0.29, 0.717) is 5.92 Å². The van der Waals surface area contributed by atoms with Crippen molar-refractivity contribution in [1.82, 2.24) is 15.2 Å². The minimum atomic E-state index is 0.501. The predicted octanol–water partition coefficient (Wildman–Crippen LogP) is 2.91. The molecule has 21 heavy (non-hydrogen) atoms. The fraction of sp³-hybridized carbons (Fsp3) is 0.812. The van der Waals surface area contributed by atoms with Gasteiger partial charge in [-0.1, -0.05) is 13.8 Å². The molecule has 4 nitrogen and oxygen atoms in total. The van der Waals surface area contributed by atoms with Crippen molar-refractivity contribution in [3.63, 3.8) is 0 Å². The van der Waals surface area contributed by atoms with Crippen LogP contribution in [0.1, 0.15) is 49.6 Å². The second kappa shape index (κ2) is 7.56. The van der Waals surface area contributed by atoms with Gasteiger partial charge in [-0.2, -0.15) is 0 Å². The summed E-state index contributed by atoms with van der Waals surface area (Å²) in [4.78, 5) is 10.9. The Labute approximate surface area is 133 Å². The summed E-state index contributed by atoms with van der Waals surface area (Å²) in [5, 5.41) is 4.80. The molecule has 1 aliphatic carbocycles. The lowest BCUT2D eigenvalue weighted by Crippen LogP contribution is -2.23. The van der Waals surface area contributed by atoms with Crippen LogP contribution in [0.4, 0.5) is 5.13 Å². The van der Waals surface area contributed by atoms with E-state index in [1.807, 2.05) is 11.3 Å². The average molecular weight is 311 g/mol. The van der Waals surface area contributed by atoms with E-state index < -0.39 is 0 Å². The molecule has 1 N–H and O–H groups in total. The van der Waals surface area contributed by atoms with Gasteiger partial charge in [-0.3, -0.25) is 0 Å². The van der Waals surface area contributed by atoms with Crippen molar-refractivity contribution < 1.29 is 0 Å². The topological polar surface area (TPSA) is 31.4 Å². The fourth-order valence-electron chi connectivity index (χ4n) is 2.34. The second-order valence-electron chi connectivity index (χ2n) is 6.69. The van der Waals surface area contributed by atoms with E-state index in [-0.39, 0.29) is 0 Å². The van der Waals surface area contributed by atoms with Crippen LogP contribution in [0.25, 0.3) is 0 Å². The molecule has 0 spiro atoms. The molecular formula is C16H30N4S. The minimum Gasteiger partial charge on any atom is -0.351 e. The van der Waals surface area contributed by atoms with Crippen molar-refractivity contribution in [2.45, 2.75) is 51.6 Å². The maximum atomic E-state index is 4.90. The summed E-state index contributed by atoms with van der Waals surface area (Å²) in [7, 11) is 6.42. The molecule has 120 valence electrons. The van der Waals surface area contributed by atoms with Crippen LogP contribution >= 0.6 is 11.3 Å². The summed E-state index contributed by atoms with van der Waals surface area (Å²) >= 11 is 1.86. The molecule has 0 aromatic carbocycles. The van der Waals surface area contributed by atoms with Gasteiger partial charge in [0, 0.05) is 31.1 Å². The van der Waals surface area contributed by atoms with Crippen LogP contribution in [0.3, 0.4) is 0 Å². The summed E-state index contributed by atoms with van der Waals surface area (Å²) in [6, 6.07) is 0.758. The molecule has 1 aliphatic rings. The molecule has 0 radical (unpaired) electrons. The molecule has 0 amide bonds. The monoisotopic (exact) mass is 310 g/mol. The molecular weight excluding hydrogens is 280 g/mol. The van der Waals surface area contributed by atoms with Crippen LogP contribution in [0.15, 0.2) is 0 Å². The van der Waals surface area contributed by atoms with E-state index >= 15 is 0 Å². The fourth-order valence-corrected chi connectivity index (χ4v) is 3.49. The molecule has 2 rings (SSSR count). The van der Waals surface area contributed by atoms with Gasteiger partial charge in [0.15, 0.2) is 5.13 Å². The Morgan fingerprint density at radius 2 is 1.95 bits per heavy atom. The SMILES string of the molecule is CC(C)c1nc(N(C)CCCN(C)C)sc1CNC1CC1. The van der Waals surface area contributed by atoms with Gasteiger partial charge in [-0.05, 0) is 45.8 Å². The third-order valence-corrected chi connectivity index (χ3v) is 5.00. The third kappa shape index (κ3) is 5.24. The van der Waals surface area contributed by atoms with E-state index in [2.05, 4.69) is 50.1 Å². The first-order valence-electron chi connectivity index (χ1n) is 8.06. The second-order valence-corrected chi connectivity index (χ2v) is 7.76. The number of thiazole rings is 1. The van der Waals surface area contributed by atoms with E-state index in [1.54, 1.807) is 0 Å². The highest BCUT2D eigenvalue weighted by atomic mass is 32.1. The molecule has 1 aromatic heterocycles. The number of anilines is 1. The first kappa shape index (κ1) is 16.7. The van der Waals surface area contributed by atoms with Gasteiger partial charge in [0.1, 0.15) is 0 Å². The van der Waals surface area contributed by atoms with Crippen molar-refractivity contribution in [3.05, 3.63) is 10.6 Å². The first-order chi connectivity index (χ1) is 9.97. The number of nitrogens with one attached hydrogen (secondary N) is 1. The van der Waals surface area contributed by atoms with Crippen molar-refractivity contribution in [2.75, 3.05) is 39.1 Å². The zero-order valence-corrected chi connectivity index (χ0v) is 15.0. The van der Waals surface area contributed by atoms with Crippen LogP contribution in [-0.2, 0) is 6.54 Å². The number of hydrogen-bond acceptors (Lipinski definition) is 5. The summed E-state index contributed by atoms with van der Waals surface area (Å²) in [6.45, 7) is 7.67. The van der Waals surface area contributed by atoms with Crippen LogP contribution in [0.2, 0.25) is 0 Å². The third-order valence-electron chi connectivity index (χ3n) is 3.82. The molecule has 5 heteroatoms. The van der Waals surface area contributed by atoms with E-state index in [0.717, 1.165) is 25.7 Å². The normalized spacial score (nSPS) is 15.2. The Morgan fingerprint density at radius 3 is 2.52 bits per heavy atom. The number of hydrogen-bond donors (Lipinski definition) is 1. The van der Waals surface area contributed by atoms with Gasteiger partial charge in [0.2, 0.25) is 0 Å². The molecule has 1 aromatic rings. The highest BCUT2D eigenvalue weighted by Gasteiger charge is 2.22. The highest BCUT2D eigenvalue weighted by Crippen LogP contribution is 2.31. The minimum absolute atomic E-state index is 0.501. The Bertz CT molecular complexity index is 437. The molecule has 1 saturated carbocycles. The van der Waals surface area contributed by atoms with E-state index in [1.165, 1.54) is 35.0 Å². The van der Waals surface area contributed by atoms with Gasteiger partial charge in [0.25, 0.3) is 0 Å². The molecule has 0 aliphatic heterocycles. The van der Waals surface area contributed by atoms with Gasteiger partial charge in [-0.15, -0.1) is 11.3 Å². The summed E-state index contributed by atoms with van der Waals surface area (Å²) in [5.74, 6) is 0.501.